The minimum Gasteiger partial charge on any atom is -0.491 e. The molecule has 0 saturated carbocycles. The second-order valence-electron chi connectivity index (χ2n) is 7.19. The highest BCUT2D eigenvalue weighted by atomic mass is 19.1. The molecule has 0 bridgehead atoms. The maximum absolute atomic E-state index is 12.9. The molecule has 3 rings (SSSR count). The molecule has 2 aromatic rings. The molecule has 0 fully saturated rings. The van der Waals surface area contributed by atoms with Gasteiger partial charge in [0.1, 0.15) is 36.1 Å². The van der Waals surface area contributed by atoms with Crippen LogP contribution in [-0.4, -0.2) is 48.1 Å². The van der Waals surface area contributed by atoms with Gasteiger partial charge < -0.3 is 25.0 Å². The van der Waals surface area contributed by atoms with Gasteiger partial charge in [-0.2, -0.15) is 0 Å². The lowest BCUT2D eigenvalue weighted by Gasteiger charge is -2.27. The first-order chi connectivity index (χ1) is 14.0. The Morgan fingerprint density at radius 2 is 2.07 bits per heavy atom. The number of carboxylic acids is 1. The van der Waals surface area contributed by atoms with Crippen LogP contribution in [0.1, 0.15) is 24.0 Å². The fraction of sp³-hybridized carbons (Fsp3) is 0.409. The van der Waals surface area contributed by atoms with Gasteiger partial charge in [0.05, 0.1) is 0 Å². The predicted molar refractivity (Wildman–Crippen MR) is 106 cm³/mol. The van der Waals surface area contributed by atoms with E-state index in [1.165, 1.54) is 24.3 Å². The molecule has 2 atom stereocenters. The van der Waals surface area contributed by atoms with Crippen molar-refractivity contribution in [3.8, 4) is 11.5 Å². The molecular formula is C22H26FNO5. The van der Waals surface area contributed by atoms with Gasteiger partial charge >= 0.3 is 5.97 Å². The molecule has 29 heavy (non-hydrogen) atoms. The summed E-state index contributed by atoms with van der Waals surface area (Å²) in [5, 5.41) is 22.0. The van der Waals surface area contributed by atoms with E-state index in [4.69, 9.17) is 14.6 Å². The first kappa shape index (κ1) is 21.1. The van der Waals surface area contributed by atoms with Crippen LogP contribution in [-0.2, 0) is 17.6 Å². The number of benzene rings is 2. The highest BCUT2D eigenvalue weighted by Crippen LogP contribution is 2.28. The Balaban J connectivity index is 1.37. The molecular weight excluding hydrogens is 377 g/mol. The number of aliphatic carboxylic acids is 1. The number of carbonyl (C=O) groups is 1. The molecule has 2 unspecified atom stereocenters. The number of aryl methyl sites for hydroxylation is 2. The number of halogens is 1. The van der Waals surface area contributed by atoms with Crippen LogP contribution >= 0.6 is 0 Å². The number of ether oxygens (including phenoxy) is 2. The normalized spacial score (nSPS) is 16.6. The zero-order valence-corrected chi connectivity index (χ0v) is 16.1. The van der Waals surface area contributed by atoms with Crippen LogP contribution in [0.2, 0.25) is 0 Å². The number of hydrogen-bond acceptors (Lipinski definition) is 5. The van der Waals surface area contributed by atoms with Crippen molar-refractivity contribution in [3.05, 3.63) is 59.4 Å². The summed E-state index contributed by atoms with van der Waals surface area (Å²) in [5.74, 6) is 0.225. The average Bonchev–Trinajstić information content (AvgIpc) is 2.71. The van der Waals surface area contributed by atoms with E-state index in [0.717, 1.165) is 29.7 Å². The smallest absolute Gasteiger partial charge is 0.303 e. The highest BCUT2D eigenvalue weighted by Gasteiger charge is 2.20. The second kappa shape index (κ2) is 10.2. The Morgan fingerprint density at radius 1 is 1.28 bits per heavy atom. The lowest BCUT2D eigenvalue weighted by atomic mass is 9.98. The molecule has 1 heterocycles. The van der Waals surface area contributed by atoms with Crippen molar-refractivity contribution in [2.45, 2.75) is 37.9 Å². The third-order valence-corrected chi connectivity index (χ3v) is 4.79. The van der Waals surface area contributed by atoms with Crippen LogP contribution in [0, 0.1) is 5.82 Å². The minimum atomic E-state index is -0.796. The van der Waals surface area contributed by atoms with Crippen molar-refractivity contribution in [1.82, 2.24) is 5.32 Å². The van der Waals surface area contributed by atoms with E-state index in [1.54, 1.807) is 0 Å². The van der Waals surface area contributed by atoms with Crippen molar-refractivity contribution in [2.24, 2.45) is 0 Å². The minimum absolute atomic E-state index is 0.0117. The third-order valence-electron chi connectivity index (χ3n) is 4.79. The lowest BCUT2D eigenvalue weighted by molar-refractivity contribution is -0.136. The monoisotopic (exact) mass is 403 g/mol. The van der Waals surface area contributed by atoms with Crippen LogP contribution in [0.25, 0.3) is 0 Å². The van der Waals surface area contributed by atoms with Crippen LogP contribution in [0.4, 0.5) is 4.39 Å². The molecule has 0 spiro atoms. The van der Waals surface area contributed by atoms with Crippen LogP contribution in [0.15, 0.2) is 42.5 Å². The van der Waals surface area contributed by atoms with E-state index in [1.807, 2.05) is 18.2 Å². The largest absolute Gasteiger partial charge is 0.491 e. The topological polar surface area (TPSA) is 88.0 Å². The van der Waals surface area contributed by atoms with Crippen LogP contribution in [0.5, 0.6) is 11.5 Å². The molecule has 0 radical (unpaired) electrons. The van der Waals surface area contributed by atoms with Gasteiger partial charge in [0, 0.05) is 19.5 Å². The summed E-state index contributed by atoms with van der Waals surface area (Å²) in [5.41, 5.74) is 2.12. The molecule has 3 N–H and O–H groups in total. The van der Waals surface area contributed by atoms with E-state index in [-0.39, 0.29) is 24.9 Å². The van der Waals surface area contributed by atoms with Crippen LogP contribution < -0.4 is 14.8 Å². The molecule has 6 nitrogen and oxygen atoms in total. The number of aliphatic hydroxyl groups is 1. The fourth-order valence-corrected chi connectivity index (χ4v) is 3.24. The summed E-state index contributed by atoms with van der Waals surface area (Å²) >= 11 is 0. The molecule has 1 aliphatic rings. The van der Waals surface area contributed by atoms with Crippen molar-refractivity contribution in [2.75, 3.05) is 19.7 Å². The highest BCUT2D eigenvalue weighted by molar-refractivity contribution is 5.67. The number of aliphatic hydroxyl groups excluding tert-OH is 1. The summed E-state index contributed by atoms with van der Waals surface area (Å²) in [6.45, 7) is 1.09. The molecule has 1 aliphatic heterocycles. The first-order valence-electron chi connectivity index (χ1n) is 9.77. The zero-order chi connectivity index (χ0) is 20.6. The number of nitrogens with one attached hydrogen (secondary N) is 1. The number of carboxylic acid groups (broad SMARTS) is 1. The summed E-state index contributed by atoms with van der Waals surface area (Å²) in [6, 6.07) is 11.5. The quantitative estimate of drug-likeness (QED) is 0.565. The maximum atomic E-state index is 12.9. The molecule has 0 saturated heterocycles. The summed E-state index contributed by atoms with van der Waals surface area (Å²) in [7, 11) is 0. The molecule has 0 amide bonds. The average molecular weight is 403 g/mol. The van der Waals surface area contributed by atoms with E-state index >= 15 is 0 Å². The number of hydrogen-bond donors (Lipinski definition) is 3. The third kappa shape index (κ3) is 6.73. The molecule has 7 heteroatoms. The van der Waals surface area contributed by atoms with E-state index < -0.39 is 12.1 Å². The Hall–Kier alpha value is -2.64. The van der Waals surface area contributed by atoms with Gasteiger partial charge in [-0.15, -0.1) is 0 Å². The number of fused-ring (bicyclic) bond motifs is 1. The zero-order valence-electron chi connectivity index (χ0n) is 16.1. The standard InChI is InChI=1S/C22H26FNO5/c23-17-4-7-19(8-5-17)28-14-18(25)12-24-13-20-6-3-16-11-15(2-10-22(26)27)1-9-21(16)29-20/h1,4-5,7-9,11,18,20,24-25H,2-3,6,10,12-14H2,(H,26,27). The van der Waals surface area contributed by atoms with Gasteiger partial charge in [0.25, 0.3) is 0 Å². The van der Waals surface area contributed by atoms with Gasteiger partial charge in [0.2, 0.25) is 0 Å². The second-order valence-corrected chi connectivity index (χ2v) is 7.19. The van der Waals surface area contributed by atoms with Gasteiger partial charge in [-0.3, -0.25) is 4.79 Å². The molecule has 0 aromatic heterocycles. The summed E-state index contributed by atoms with van der Waals surface area (Å²) in [4.78, 5) is 10.7. The van der Waals surface area contributed by atoms with Gasteiger partial charge in [-0.25, -0.2) is 4.39 Å². The fourth-order valence-electron chi connectivity index (χ4n) is 3.24. The molecule has 0 aliphatic carbocycles. The van der Waals surface area contributed by atoms with Crippen molar-refractivity contribution >= 4 is 5.97 Å². The Kier molecular flexibility index (Phi) is 7.43. The Morgan fingerprint density at radius 3 is 2.83 bits per heavy atom. The van der Waals surface area contributed by atoms with E-state index in [9.17, 15) is 14.3 Å². The predicted octanol–water partition coefficient (Wildman–Crippen LogP) is 2.57. The van der Waals surface area contributed by atoms with Crippen molar-refractivity contribution < 1.29 is 28.9 Å². The van der Waals surface area contributed by atoms with Crippen molar-refractivity contribution in [3.63, 3.8) is 0 Å². The SMILES string of the molecule is O=C(O)CCc1ccc2c(c1)CCC(CNCC(O)COc1ccc(F)cc1)O2. The molecule has 2 aromatic carbocycles. The maximum Gasteiger partial charge on any atom is 0.303 e. The molecule has 156 valence electrons. The number of rotatable bonds is 10. The van der Waals surface area contributed by atoms with Crippen molar-refractivity contribution in [1.29, 1.82) is 0 Å². The van der Waals surface area contributed by atoms with Crippen LogP contribution in [0.3, 0.4) is 0 Å². The Bertz CT molecular complexity index is 811. The summed E-state index contributed by atoms with van der Waals surface area (Å²) in [6.07, 6.45) is 1.69. The Labute approximate surface area is 169 Å². The van der Waals surface area contributed by atoms with Gasteiger partial charge in [-0.05, 0) is 60.7 Å². The lowest BCUT2D eigenvalue weighted by Crippen LogP contribution is -2.39. The van der Waals surface area contributed by atoms with E-state index in [2.05, 4.69) is 5.32 Å². The first-order valence-corrected chi connectivity index (χ1v) is 9.77. The summed E-state index contributed by atoms with van der Waals surface area (Å²) < 4.78 is 24.3. The van der Waals surface area contributed by atoms with Gasteiger partial charge in [-0.1, -0.05) is 12.1 Å². The van der Waals surface area contributed by atoms with Gasteiger partial charge in [0.15, 0.2) is 0 Å². The van der Waals surface area contributed by atoms with E-state index in [0.29, 0.717) is 25.3 Å².